The van der Waals surface area contributed by atoms with Crippen molar-refractivity contribution in [3.05, 3.63) is 41.0 Å². The van der Waals surface area contributed by atoms with Crippen LogP contribution in [0.1, 0.15) is 22.6 Å². The van der Waals surface area contributed by atoms with Gasteiger partial charge < -0.3 is 59.4 Å². The molecule has 2 aromatic rings. The minimum Gasteiger partial charge on any atom is -0.504 e. The molecule has 8 atom stereocenters. The van der Waals surface area contributed by atoms with E-state index >= 15 is 0 Å². The number of methoxy groups -OCH3 is 3. The van der Waals surface area contributed by atoms with E-state index < -0.39 is 49.1 Å². The van der Waals surface area contributed by atoms with Crippen molar-refractivity contribution < 1.29 is 59.4 Å². The number of aromatic hydroxyl groups is 2. The number of aliphatic hydroxyl groups excluding tert-OH is 5. The van der Waals surface area contributed by atoms with Crippen molar-refractivity contribution in [2.45, 2.75) is 43.0 Å². The second kappa shape index (κ2) is 12.1. The number of hydrogen-bond donors (Lipinski definition) is 7. The normalized spacial score (nSPS) is 30.5. The molecule has 0 saturated carbocycles. The first-order chi connectivity index (χ1) is 18.7. The summed E-state index contributed by atoms with van der Waals surface area (Å²) in [6, 6.07) is 6.56. The van der Waals surface area contributed by atoms with Crippen molar-refractivity contribution in [3.8, 4) is 28.7 Å². The number of phenolic OH excluding ortho intramolecular Hbond substituents is 2. The van der Waals surface area contributed by atoms with Gasteiger partial charge in [-0.15, -0.1) is 0 Å². The first-order valence-electron chi connectivity index (χ1n) is 12.6. The van der Waals surface area contributed by atoms with Crippen molar-refractivity contribution in [2.24, 2.45) is 11.8 Å². The van der Waals surface area contributed by atoms with Gasteiger partial charge in [-0.1, -0.05) is 0 Å². The zero-order chi connectivity index (χ0) is 28.4. The van der Waals surface area contributed by atoms with Crippen LogP contribution in [0.3, 0.4) is 0 Å². The van der Waals surface area contributed by atoms with Crippen molar-refractivity contribution >= 4 is 0 Å². The largest absolute Gasteiger partial charge is 0.504 e. The van der Waals surface area contributed by atoms with Crippen molar-refractivity contribution in [2.75, 3.05) is 41.2 Å². The molecular weight excluding hydrogens is 516 g/mol. The summed E-state index contributed by atoms with van der Waals surface area (Å²) in [6.45, 7) is -0.914. The standard InChI is InChI=1S/C27H36O12/c1-35-18-5-12-4-14(9-28)16(11-38-27-26(34)25(33)24(32)21(10-29)39-27)22(15(12)8-17(18)30)13-6-19(36-2)23(31)20(7-13)37-3/h5-8,14,16,21-22,24-34H,4,9-11H2,1-3H3. The lowest BCUT2D eigenvalue weighted by Gasteiger charge is -2.43. The van der Waals surface area contributed by atoms with E-state index in [2.05, 4.69) is 0 Å². The summed E-state index contributed by atoms with van der Waals surface area (Å²) in [6.07, 6.45) is -6.82. The van der Waals surface area contributed by atoms with Gasteiger partial charge in [0.1, 0.15) is 24.4 Å². The van der Waals surface area contributed by atoms with Gasteiger partial charge >= 0.3 is 0 Å². The van der Waals surface area contributed by atoms with Gasteiger partial charge in [-0.2, -0.15) is 0 Å². The maximum atomic E-state index is 10.6. The topological polar surface area (TPSA) is 188 Å². The Morgan fingerprint density at radius 1 is 0.821 bits per heavy atom. The summed E-state index contributed by atoms with van der Waals surface area (Å²) in [4.78, 5) is 0. The molecule has 1 aliphatic carbocycles. The Morgan fingerprint density at radius 2 is 1.46 bits per heavy atom. The first kappa shape index (κ1) is 29.2. The average molecular weight is 553 g/mol. The quantitative estimate of drug-likeness (QED) is 0.218. The zero-order valence-electron chi connectivity index (χ0n) is 21.9. The molecule has 4 rings (SSSR count). The summed E-state index contributed by atoms with van der Waals surface area (Å²) >= 11 is 0. The Labute approximate surface area is 225 Å². The molecule has 39 heavy (non-hydrogen) atoms. The van der Waals surface area contributed by atoms with Gasteiger partial charge in [-0.25, -0.2) is 0 Å². The van der Waals surface area contributed by atoms with Gasteiger partial charge in [-0.3, -0.25) is 0 Å². The lowest BCUT2D eigenvalue weighted by Crippen LogP contribution is -2.59. The number of ether oxygens (including phenoxy) is 5. The molecule has 2 aliphatic rings. The van der Waals surface area contributed by atoms with Crippen LogP contribution in [0.5, 0.6) is 28.7 Å². The summed E-state index contributed by atoms with van der Waals surface area (Å²) < 4.78 is 27.5. The number of benzene rings is 2. The molecule has 12 nitrogen and oxygen atoms in total. The van der Waals surface area contributed by atoms with Crippen molar-refractivity contribution in [3.63, 3.8) is 0 Å². The molecule has 7 N–H and O–H groups in total. The van der Waals surface area contributed by atoms with Crippen LogP contribution >= 0.6 is 0 Å². The van der Waals surface area contributed by atoms with Crippen LogP contribution in [0.15, 0.2) is 24.3 Å². The molecule has 2 aromatic carbocycles. The van der Waals surface area contributed by atoms with Crippen LogP contribution < -0.4 is 14.2 Å². The molecule has 0 spiro atoms. The minimum atomic E-state index is -1.60. The van der Waals surface area contributed by atoms with Crippen LogP contribution in [-0.2, 0) is 15.9 Å². The van der Waals surface area contributed by atoms with E-state index in [1.165, 1.54) is 21.3 Å². The van der Waals surface area contributed by atoms with E-state index in [0.29, 0.717) is 12.0 Å². The molecule has 1 heterocycles. The third kappa shape index (κ3) is 5.46. The third-order valence-corrected chi connectivity index (χ3v) is 7.69. The van der Waals surface area contributed by atoms with Crippen LogP contribution in [0.2, 0.25) is 0 Å². The highest BCUT2D eigenvalue weighted by molar-refractivity contribution is 5.57. The first-order valence-corrected chi connectivity index (χ1v) is 12.6. The highest BCUT2D eigenvalue weighted by Crippen LogP contribution is 2.50. The van der Waals surface area contributed by atoms with Gasteiger partial charge in [0, 0.05) is 12.5 Å². The average Bonchev–Trinajstić information content (AvgIpc) is 2.94. The van der Waals surface area contributed by atoms with Gasteiger partial charge in [0.05, 0.1) is 34.5 Å². The van der Waals surface area contributed by atoms with Gasteiger partial charge in [-0.05, 0) is 59.2 Å². The van der Waals surface area contributed by atoms with Gasteiger partial charge in [0.2, 0.25) is 5.75 Å². The highest BCUT2D eigenvalue weighted by atomic mass is 16.7. The Hall–Kier alpha value is -2.84. The molecule has 0 amide bonds. The number of phenols is 2. The Bertz CT molecular complexity index is 1110. The highest BCUT2D eigenvalue weighted by Gasteiger charge is 2.45. The molecule has 1 aliphatic heterocycles. The molecule has 12 heteroatoms. The monoisotopic (exact) mass is 552 g/mol. The van der Waals surface area contributed by atoms with E-state index in [9.17, 15) is 35.7 Å². The van der Waals surface area contributed by atoms with E-state index in [4.69, 9.17) is 23.7 Å². The smallest absolute Gasteiger partial charge is 0.200 e. The second-order valence-electron chi connectivity index (χ2n) is 9.82. The van der Waals surface area contributed by atoms with E-state index in [0.717, 1.165) is 11.1 Å². The predicted molar refractivity (Wildman–Crippen MR) is 135 cm³/mol. The van der Waals surface area contributed by atoms with Crippen LogP contribution in [0.25, 0.3) is 0 Å². The third-order valence-electron chi connectivity index (χ3n) is 7.69. The molecule has 216 valence electrons. The summed E-state index contributed by atoms with van der Waals surface area (Å²) in [5.41, 5.74) is 2.17. The molecule has 0 bridgehead atoms. The fraction of sp³-hybridized carbons (Fsp3) is 0.556. The Morgan fingerprint density at radius 3 is 2.03 bits per heavy atom. The van der Waals surface area contributed by atoms with Gasteiger partial charge in [0.15, 0.2) is 29.3 Å². The zero-order valence-corrected chi connectivity index (χ0v) is 21.9. The number of aliphatic hydroxyl groups is 5. The molecule has 1 saturated heterocycles. The maximum absolute atomic E-state index is 10.6. The minimum absolute atomic E-state index is 0.0870. The van der Waals surface area contributed by atoms with E-state index in [1.54, 1.807) is 24.3 Å². The molecule has 8 unspecified atom stereocenters. The van der Waals surface area contributed by atoms with Crippen LogP contribution in [0, 0.1) is 11.8 Å². The molecular formula is C27H36O12. The number of hydrogen-bond acceptors (Lipinski definition) is 12. The second-order valence-corrected chi connectivity index (χ2v) is 9.82. The molecule has 1 fully saturated rings. The maximum Gasteiger partial charge on any atom is 0.200 e. The summed E-state index contributed by atoms with van der Waals surface area (Å²) in [7, 11) is 4.25. The lowest BCUT2D eigenvalue weighted by molar-refractivity contribution is -0.304. The summed E-state index contributed by atoms with van der Waals surface area (Å²) in [5.74, 6) is -1.06. The Balaban J connectivity index is 1.78. The fourth-order valence-electron chi connectivity index (χ4n) is 5.56. The van der Waals surface area contributed by atoms with E-state index in [1.807, 2.05) is 0 Å². The van der Waals surface area contributed by atoms with Crippen molar-refractivity contribution in [1.29, 1.82) is 0 Å². The van der Waals surface area contributed by atoms with Crippen LogP contribution in [-0.4, -0.2) is 108 Å². The fourth-order valence-corrected chi connectivity index (χ4v) is 5.56. The molecule has 0 radical (unpaired) electrons. The Kier molecular flexibility index (Phi) is 9.07. The predicted octanol–water partition coefficient (Wildman–Crippen LogP) is -0.147. The number of fused-ring (bicyclic) bond motifs is 1. The van der Waals surface area contributed by atoms with Crippen molar-refractivity contribution in [1.82, 2.24) is 0 Å². The van der Waals surface area contributed by atoms with Gasteiger partial charge in [0.25, 0.3) is 0 Å². The lowest BCUT2D eigenvalue weighted by atomic mass is 9.66. The SMILES string of the molecule is COc1cc2c(cc1O)C(c1cc(OC)c(O)c(OC)c1)C(COC1OC(CO)C(O)C(O)C1O)C(CO)C2. The van der Waals surface area contributed by atoms with E-state index in [-0.39, 0.29) is 47.9 Å². The summed E-state index contributed by atoms with van der Waals surface area (Å²) in [5, 5.41) is 71.8. The molecule has 0 aromatic heterocycles. The van der Waals surface area contributed by atoms with Crippen LogP contribution in [0.4, 0.5) is 0 Å². The number of rotatable bonds is 9.